The summed E-state index contributed by atoms with van der Waals surface area (Å²) in [6, 6.07) is 32.4. The number of benzene rings is 4. The highest BCUT2D eigenvalue weighted by Crippen LogP contribution is 2.40. The van der Waals surface area contributed by atoms with Crippen molar-refractivity contribution in [1.29, 1.82) is 0 Å². The number of aliphatic hydroxyl groups is 2. The van der Waals surface area contributed by atoms with Gasteiger partial charge >= 0.3 is 0 Å². The van der Waals surface area contributed by atoms with E-state index in [0.29, 0.717) is 28.2 Å². The number of hydrogen-bond acceptors (Lipinski definition) is 5. The molecule has 0 saturated heterocycles. The monoisotopic (exact) mass is 494 g/mol. The Morgan fingerprint density at radius 2 is 1.14 bits per heavy atom. The number of hydrogen-bond donors (Lipinski definition) is 2. The number of ketones is 1. The molecule has 4 aromatic carbocycles. The van der Waals surface area contributed by atoms with Crippen molar-refractivity contribution in [2.24, 2.45) is 5.92 Å². The van der Waals surface area contributed by atoms with Gasteiger partial charge in [0.25, 0.3) is 0 Å². The number of allylic oxidation sites excluding steroid dienone is 1. The third-order valence-electron chi connectivity index (χ3n) is 6.45. The average Bonchev–Trinajstić information content (AvgIpc) is 2.97. The molecule has 0 heterocycles. The van der Waals surface area contributed by atoms with Crippen LogP contribution in [-0.4, -0.2) is 30.2 Å². The van der Waals surface area contributed by atoms with E-state index in [-0.39, 0.29) is 11.5 Å². The van der Waals surface area contributed by atoms with Crippen LogP contribution in [0.15, 0.2) is 115 Å². The van der Waals surface area contributed by atoms with Crippen molar-refractivity contribution in [3.63, 3.8) is 0 Å². The molecule has 188 valence electrons. The normalized spacial score (nSPS) is 13.9. The summed E-state index contributed by atoms with van der Waals surface area (Å²) < 4.78 is 10.6. The van der Waals surface area contributed by atoms with Gasteiger partial charge in [-0.1, -0.05) is 84.9 Å². The van der Waals surface area contributed by atoms with Gasteiger partial charge in [0.2, 0.25) is 0 Å². The molecule has 2 N–H and O–H groups in total. The molecule has 0 aliphatic rings. The number of ether oxygens (including phenoxy) is 2. The van der Waals surface area contributed by atoms with Crippen molar-refractivity contribution in [2.45, 2.75) is 12.0 Å². The maximum absolute atomic E-state index is 14.0. The van der Waals surface area contributed by atoms with Gasteiger partial charge in [-0.25, -0.2) is 0 Å². The van der Waals surface area contributed by atoms with E-state index in [1.165, 1.54) is 0 Å². The van der Waals surface area contributed by atoms with Gasteiger partial charge in [-0.2, -0.15) is 0 Å². The molecule has 37 heavy (non-hydrogen) atoms. The zero-order valence-electron chi connectivity index (χ0n) is 20.8. The first kappa shape index (κ1) is 25.7. The second kappa shape index (κ2) is 12.1. The third kappa shape index (κ3) is 6.08. The predicted molar refractivity (Wildman–Crippen MR) is 145 cm³/mol. The first-order chi connectivity index (χ1) is 18.0. The lowest BCUT2D eigenvalue weighted by Crippen LogP contribution is -2.28. The first-order valence-electron chi connectivity index (χ1n) is 12.0. The second-order valence-electron chi connectivity index (χ2n) is 8.69. The molecule has 0 aliphatic heterocycles. The van der Waals surface area contributed by atoms with Gasteiger partial charge in [0, 0.05) is 17.0 Å². The number of carbonyl (C=O) groups is 1. The molecule has 5 heteroatoms. The van der Waals surface area contributed by atoms with E-state index in [9.17, 15) is 15.0 Å². The number of aliphatic hydroxyl groups excluding tert-OH is 2. The molecule has 0 bridgehead atoms. The minimum atomic E-state index is -1.16. The van der Waals surface area contributed by atoms with E-state index in [0.717, 1.165) is 5.56 Å². The zero-order chi connectivity index (χ0) is 26.2. The fourth-order valence-electron chi connectivity index (χ4n) is 4.41. The van der Waals surface area contributed by atoms with Crippen LogP contribution in [0.1, 0.15) is 39.1 Å². The van der Waals surface area contributed by atoms with Crippen molar-refractivity contribution in [3.8, 4) is 11.5 Å². The molecule has 2 unspecified atom stereocenters. The summed E-state index contributed by atoms with van der Waals surface area (Å²) >= 11 is 0. The van der Waals surface area contributed by atoms with Crippen LogP contribution < -0.4 is 9.47 Å². The summed E-state index contributed by atoms with van der Waals surface area (Å²) in [7, 11) is 3.16. The Hall–Kier alpha value is -4.35. The lowest BCUT2D eigenvalue weighted by atomic mass is 9.75. The van der Waals surface area contributed by atoms with Crippen LogP contribution in [0.2, 0.25) is 0 Å². The summed E-state index contributed by atoms with van der Waals surface area (Å²) in [5.41, 5.74) is 2.42. The maximum Gasteiger partial charge on any atom is 0.169 e. The first-order valence-corrected chi connectivity index (χ1v) is 12.0. The molecule has 0 aromatic heterocycles. The number of rotatable bonds is 10. The topological polar surface area (TPSA) is 76.0 Å². The molecule has 5 nitrogen and oxygen atoms in total. The summed E-state index contributed by atoms with van der Waals surface area (Å²) in [4.78, 5) is 14.0. The average molecular weight is 495 g/mol. The Morgan fingerprint density at radius 1 is 0.676 bits per heavy atom. The smallest absolute Gasteiger partial charge is 0.169 e. The Balaban J connectivity index is 1.87. The van der Waals surface area contributed by atoms with Crippen LogP contribution in [0.25, 0.3) is 5.76 Å². The van der Waals surface area contributed by atoms with Crippen LogP contribution >= 0.6 is 0 Å². The fourth-order valence-corrected chi connectivity index (χ4v) is 4.41. The highest BCUT2D eigenvalue weighted by atomic mass is 16.5. The van der Waals surface area contributed by atoms with Gasteiger partial charge in [-0.3, -0.25) is 4.79 Å². The quantitative estimate of drug-likeness (QED) is 0.191. The van der Waals surface area contributed by atoms with E-state index < -0.39 is 17.9 Å². The van der Waals surface area contributed by atoms with Crippen LogP contribution in [0.5, 0.6) is 11.5 Å². The molecule has 0 saturated carbocycles. The summed E-state index contributed by atoms with van der Waals surface area (Å²) in [6.07, 6.45) is 0.487. The minimum Gasteiger partial charge on any atom is -0.508 e. The highest BCUT2D eigenvalue weighted by molar-refractivity contribution is 5.99. The molecule has 0 radical (unpaired) electrons. The van der Waals surface area contributed by atoms with Gasteiger partial charge in [-0.05, 0) is 41.5 Å². The van der Waals surface area contributed by atoms with E-state index in [4.69, 9.17) is 9.47 Å². The Bertz CT molecular complexity index is 1310. The summed E-state index contributed by atoms with van der Waals surface area (Å²) in [5.74, 6) is -0.488. The molecule has 3 atom stereocenters. The fraction of sp³-hybridized carbons (Fsp3) is 0.156. The van der Waals surface area contributed by atoms with Gasteiger partial charge in [0.15, 0.2) is 5.78 Å². The van der Waals surface area contributed by atoms with Crippen molar-refractivity contribution in [1.82, 2.24) is 0 Å². The SMILES string of the molecule is COc1ccc(C(/C=C(\O)c2ccccc2)C(C(=O)c2ccccc2)[C@H](O)c2ccc(OC)cc2)cc1. The second-order valence-corrected chi connectivity index (χ2v) is 8.69. The number of Topliss-reactive ketones (excluding diaryl/α,β-unsaturated/α-hetero) is 1. The maximum atomic E-state index is 14.0. The van der Waals surface area contributed by atoms with Crippen molar-refractivity contribution >= 4 is 11.5 Å². The van der Waals surface area contributed by atoms with Crippen molar-refractivity contribution < 1.29 is 24.5 Å². The van der Waals surface area contributed by atoms with Gasteiger partial charge in [0.1, 0.15) is 17.3 Å². The molecule has 4 rings (SSSR count). The molecule has 4 aromatic rings. The van der Waals surface area contributed by atoms with E-state index in [1.54, 1.807) is 93.1 Å². The van der Waals surface area contributed by atoms with Crippen LogP contribution in [0.3, 0.4) is 0 Å². The van der Waals surface area contributed by atoms with E-state index in [2.05, 4.69) is 0 Å². The van der Waals surface area contributed by atoms with E-state index >= 15 is 0 Å². The zero-order valence-corrected chi connectivity index (χ0v) is 20.8. The highest BCUT2D eigenvalue weighted by Gasteiger charge is 2.36. The number of methoxy groups -OCH3 is 2. The van der Waals surface area contributed by atoms with Gasteiger partial charge in [0.05, 0.1) is 26.2 Å². The standard InChI is InChI=1S/C32H30O5/c1-36-26-17-13-22(14-18-26)28(21-29(33)23-9-5-3-6-10-23)30(31(34)24-11-7-4-8-12-24)32(35)25-15-19-27(37-2)20-16-25/h3-21,28,30,32-33,35H,1-2H3/b29-21-/t28?,30?,32-/m1/s1. The summed E-state index contributed by atoms with van der Waals surface area (Å²) in [6.45, 7) is 0. The van der Waals surface area contributed by atoms with Crippen LogP contribution in [0.4, 0.5) is 0 Å². The molecular weight excluding hydrogens is 464 g/mol. The van der Waals surface area contributed by atoms with Crippen LogP contribution in [-0.2, 0) is 0 Å². The number of carbonyl (C=O) groups excluding carboxylic acids is 1. The lowest BCUT2D eigenvalue weighted by Gasteiger charge is -2.29. The van der Waals surface area contributed by atoms with Crippen LogP contribution in [0, 0.1) is 5.92 Å². The molecule has 0 amide bonds. The van der Waals surface area contributed by atoms with Gasteiger partial charge in [-0.15, -0.1) is 0 Å². The minimum absolute atomic E-state index is 0.0224. The van der Waals surface area contributed by atoms with E-state index in [1.807, 2.05) is 36.4 Å². The Morgan fingerprint density at radius 3 is 1.62 bits per heavy atom. The summed E-state index contributed by atoms with van der Waals surface area (Å²) in [5, 5.41) is 22.8. The molecule has 0 fully saturated rings. The Kier molecular flexibility index (Phi) is 8.39. The largest absolute Gasteiger partial charge is 0.508 e. The lowest BCUT2D eigenvalue weighted by molar-refractivity contribution is 0.0643. The predicted octanol–water partition coefficient (Wildman–Crippen LogP) is 6.62. The van der Waals surface area contributed by atoms with Gasteiger partial charge < -0.3 is 19.7 Å². The third-order valence-corrected chi connectivity index (χ3v) is 6.45. The molecule has 0 spiro atoms. The molecular formula is C32H30O5. The Labute approximate surface area is 217 Å². The molecule has 0 aliphatic carbocycles. The van der Waals surface area contributed by atoms with Crippen molar-refractivity contribution in [2.75, 3.05) is 14.2 Å². The van der Waals surface area contributed by atoms with Crippen molar-refractivity contribution in [3.05, 3.63) is 138 Å².